The van der Waals surface area contributed by atoms with Crippen molar-refractivity contribution in [3.05, 3.63) is 63.9 Å². The van der Waals surface area contributed by atoms with Crippen LogP contribution in [0.5, 0.6) is 5.75 Å². The normalized spacial score (nSPS) is 23.3. The largest absolute Gasteiger partial charge is 0.496 e. The molecule has 8 nitrogen and oxygen atoms in total. The first kappa shape index (κ1) is 26.5. The van der Waals surface area contributed by atoms with Gasteiger partial charge in [0.1, 0.15) is 11.6 Å². The highest BCUT2D eigenvalue weighted by Crippen LogP contribution is 2.42. The van der Waals surface area contributed by atoms with Crippen LogP contribution in [0, 0.1) is 0 Å². The van der Waals surface area contributed by atoms with E-state index in [4.69, 9.17) is 27.8 Å². The Morgan fingerprint density at radius 2 is 1.92 bits per heavy atom. The summed E-state index contributed by atoms with van der Waals surface area (Å²) in [4.78, 5) is 4.68. The van der Waals surface area contributed by atoms with Crippen molar-refractivity contribution in [2.75, 3.05) is 12.4 Å². The molecule has 0 fully saturated rings. The quantitative estimate of drug-likeness (QED) is 0.447. The van der Waals surface area contributed by atoms with Crippen molar-refractivity contribution in [3.63, 3.8) is 0 Å². The highest BCUT2D eigenvalue weighted by molar-refractivity contribution is 7.92. The summed E-state index contributed by atoms with van der Waals surface area (Å²) >= 11 is 6.47. The standard InChI is InChI=1S/C26H34ClN5O3S/c1-15(2)36(33,34)22-9-7-6-8-20(22)31-24-19(27)14-30-26(29,32-24)18-12-16-10-11-23(28)25(3,4)17(16)13-21(18)35-5/h6-9,12-15,23,31-32H,10-11,28-29H2,1-5H3. The molecule has 0 spiro atoms. The van der Waals surface area contributed by atoms with Gasteiger partial charge in [-0.25, -0.2) is 13.4 Å². The van der Waals surface area contributed by atoms with Crippen LogP contribution in [-0.2, 0) is 27.5 Å². The van der Waals surface area contributed by atoms with Crippen LogP contribution in [0.15, 0.2) is 57.1 Å². The Kier molecular flexibility index (Phi) is 6.89. The lowest BCUT2D eigenvalue weighted by Crippen LogP contribution is -2.52. The number of hydrogen-bond donors (Lipinski definition) is 4. The van der Waals surface area contributed by atoms with E-state index in [9.17, 15) is 8.42 Å². The maximum Gasteiger partial charge on any atom is 0.213 e. The van der Waals surface area contributed by atoms with Crippen molar-refractivity contribution in [2.24, 2.45) is 16.5 Å². The summed E-state index contributed by atoms with van der Waals surface area (Å²) in [7, 11) is -1.96. The Bertz CT molecular complexity index is 1350. The van der Waals surface area contributed by atoms with E-state index in [1.165, 1.54) is 6.21 Å². The molecule has 1 aliphatic heterocycles. The van der Waals surface area contributed by atoms with E-state index in [2.05, 4.69) is 29.5 Å². The molecule has 2 aliphatic rings. The number of ether oxygens (including phenoxy) is 1. The number of sulfone groups is 1. The summed E-state index contributed by atoms with van der Waals surface area (Å²) in [5.41, 5.74) is 16.3. The molecule has 0 bridgehead atoms. The van der Waals surface area contributed by atoms with Gasteiger partial charge in [-0.05, 0) is 62.1 Å². The van der Waals surface area contributed by atoms with Gasteiger partial charge < -0.3 is 21.1 Å². The summed E-state index contributed by atoms with van der Waals surface area (Å²) in [6.45, 7) is 7.56. The van der Waals surface area contributed by atoms with Crippen LogP contribution in [0.2, 0.25) is 0 Å². The molecule has 10 heteroatoms. The molecule has 2 aromatic rings. The number of halogens is 1. The number of methoxy groups -OCH3 is 1. The SMILES string of the molecule is COc1cc2c(cc1C1(N)N=CC(Cl)=C(Nc3ccccc3S(=O)(=O)C(C)C)N1)CCC(N)C2(C)C. The van der Waals surface area contributed by atoms with Gasteiger partial charge in [-0.2, -0.15) is 0 Å². The Labute approximate surface area is 218 Å². The van der Waals surface area contributed by atoms with E-state index >= 15 is 0 Å². The topological polar surface area (TPSA) is 132 Å². The zero-order valence-electron chi connectivity index (χ0n) is 21.2. The van der Waals surface area contributed by atoms with Gasteiger partial charge >= 0.3 is 0 Å². The predicted octanol–water partition coefficient (Wildman–Crippen LogP) is 3.69. The van der Waals surface area contributed by atoms with Gasteiger partial charge in [0.05, 0.1) is 33.5 Å². The molecular formula is C26H34ClN5O3S. The molecular weight excluding hydrogens is 498 g/mol. The number of aliphatic imine (C=N–C) groups is 1. The molecule has 0 amide bonds. The van der Waals surface area contributed by atoms with E-state index < -0.39 is 20.9 Å². The number of aryl methyl sites for hydroxylation is 1. The van der Waals surface area contributed by atoms with Crippen molar-refractivity contribution in [1.82, 2.24) is 5.32 Å². The van der Waals surface area contributed by atoms with Crippen molar-refractivity contribution in [3.8, 4) is 5.75 Å². The van der Waals surface area contributed by atoms with Crippen LogP contribution in [0.25, 0.3) is 0 Å². The maximum absolute atomic E-state index is 12.9. The van der Waals surface area contributed by atoms with Crippen molar-refractivity contribution in [2.45, 2.75) is 67.9 Å². The fraction of sp³-hybridized carbons (Fsp3) is 0.423. The molecule has 2 aromatic carbocycles. The zero-order chi connectivity index (χ0) is 26.5. The van der Waals surface area contributed by atoms with E-state index in [1.54, 1.807) is 45.2 Å². The molecule has 1 heterocycles. The lowest BCUT2D eigenvalue weighted by molar-refractivity contribution is 0.340. The fourth-order valence-electron chi connectivity index (χ4n) is 4.71. The summed E-state index contributed by atoms with van der Waals surface area (Å²) in [6, 6.07) is 10.7. The fourth-order valence-corrected chi connectivity index (χ4v) is 6.05. The average molecular weight is 532 g/mol. The first-order chi connectivity index (χ1) is 16.8. The second-order valence-corrected chi connectivity index (χ2v) is 13.0. The molecule has 0 saturated carbocycles. The van der Waals surface area contributed by atoms with Crippen molar-refractivity contribution in [1.29, 1.82) is 0 Å². The number of hydrogen-bond acceptors (Lipinski definition) is 8. The summed E-state index contributed by atoms with van der Waals surface area (Å²) < 4.78 is 31.6. The lowest BCUT2D eigenvalue weighted by atomic mass is 9.69. The Morgan fingerprint density at radius 1 is 1.22 bits per heavy atom. The van der Waals surface area contributed by atoms with Crippen LogP contribution in [0.4, 0.5) is 5.69 Å². The highest BCUT2D eigenvalue weighted by atomic mass is 35.5. The number of allylic oxidation sites excluding steroid dienone is 1. The van der Waals surface area contributed by atoms with Gasteiger partial charge in [-0.15, -0.1) is 0 Å². The van der Waals surface area contributed by atoms with Crippen molar-refractivity contribution >= 4 is 33.3 Å². The van der Waals surface area contributed by atoms with Crippen LogP contribution < -0.4 is 26.8 Å². The third-order valence-electron chi connectivity index (χ3n) is 7.19. The number of anilines is 1. The second kappa shape index (κ2) is 9.37. The molecule has 0 radical (unpaired) electrons. The van der Waals surface area contributed by atoms with Crippen LogP contribution in [0.1, 0.15) is 50.8 Å². The van der Waals surface area contributed by atoms with Gasteiger partial charge in [-0.3, -0.25) is 5.73 Å². The van der Waals surface area contributed by atoms with E-state index in [1.807, 2.05) is 12.1 Å². The van der Waals surface area contributed by atoms with Gasteiger partial charge in [0, 0.05) is 17.7 Å². The first-order valence-electron chi connectivity index (χ1n) is 11.9. The Morgan fingerprint density at radius 3 is 2.58 bits per heavy atom. The minimum atomic E-state index is -3.54. The predicted molar refractivity (Wildman–Crippen MR) is 145 cm³/mol. The number of para-hydroxylation sites is 1. The minimum Gasteiger partial charge on any atom is -0.496 e. The third-order valence-corrected chi connectivity index (χ3v) is 9.69. The van der Waals surface area contributed by atoms with Crippen molar-refractivity contribution < 1.29 is 13.2 Å². The molecule has 36 heavy (non-hydrogen) atoms. The number of nitrogens with two attached hydrogens (primary N) is 2. The third kappa shape index (κ3) is 4.49. The zero-order valence-corrected chi connectivity index (χ0v) is 22.8. The smallest absolute Gasteiger partial charge is 0.213 e. The number of fused-ring (bicyclic) bond motifs is 1. The van der Waals surface area contributed by atoms with Crippen LogP contribution in [0.3, 0.4) is 0 Å². The van der Waals surface area contributed by atoms with E-state index in [-0.39, 0.29) is 21.4 Å². The second-order valence-electron chi connectivity index (χ2n) is 10.2. The Balaban J connectivity index is 1.73. The molecule has 6 N–H and O–H groups in total. The molecule has 2 atom stereocenters. The van der Waals surface area contributed by atoms with Gasteiger partial charge in [0.2, 0.25) is 5.79 Å². The lowest BCUT2D eigenvalue weighted by Gasteiger charge is -2.40. The summed E-state index contributed by atoms with van der Waals surface area (Å²) in [6.07, 6.45) is 3.14. The van der Waals surface area contributed by atoms with Gasteiger partial charge in [0.25, 0.3) is 0 Å². The number of benzene rings is 2. The van der Waals surface area contributed by atoms with Crippen LogP contribution in [-0.4, -0.2) is 33.0 Å². The van der Waals surface area contributed by atoms with Gasteiger partial charge in [0.15, 0.2) is 9.84 Å². The maximum atomic E-state index is 12.9. The number of nitrogens with zero attached hydrogens (tertiary/aromatic N) is 1. The monoisotopic (exact) mass is 531 g/mol. The van der Waals surface area contributed by atoms with E-state index in [0.717, 1.165) is 24.0 Å². The summed E-state index contributed by atoms with van der Waals surface area (Å²) in [5.74, 6) is -0.498. The summed E-state index contributed by atoms with van der Waals surface area (Å²) in [5, 5.41) is 5.99. The molecule has 0 saturated heterocycles. The number of nitrogens with one attached hydrogen (secondary N) is 2. The molecule has 2 unspecified atom stereocenters. The van der Waals surface area contributed by atoms with Gasteiger partial charge in [-0.1, -0.05) is 37.6 Å². The average Bonchev–Trinajstić information content (AvgIpc) is 2.83. The minimum absolute atomic E-state index is 0.0398. The first-order valence-corrected chi connectivity index (χ1v) is 13.8. The molecule has 4 rings (SSSR count). The van der Waals surface area contributed by atoms with Crippen LogP contribution >= 0.6 is 11.6 Å². The van der Waals surface area contributed by atoms with E-state index in [0.29, 0.717) is 22.8 Å². The Hall–Kier alpha value is -2.59. The molecule has 194 valence electrons. The number of rotatable bonds is 6. The highest BCUT2D eigenvalue weighted by Gasteiger charge is 2.39. The molecule has 1 aliphatic carbocycles. The molecule has 0 aromatic heterocycles.